The molecule has 3 rings (SSSR count). The molecular formula is C17H20FN3O4. The predicted octanol–water partition coefficient (Wildman–Crippen LogP) is 2.69. The van der Waals surface area contributed by atoms with Gasteiger partial charge >= 0.3 is 5.97 Å². The van der Waals surface area contributed by atoms with E-state index in [9.17, 15) is 14.3 Å². The van der Waals surface area contributed by atoms with Gasteiger partial charge in [-0.25, -0.2) is 9.18 Å². The number of ether oxygens (including phenoxy) is 1. The van der Waals surface area contributed by atoms with E-state index in [0.717, 1.165) is 25.9 Å². The Morgan fingerprint density at radius 2 is 2.16 bits per heavy atom. The molecule has 1 fully saturated rings. The molecule has 1 aromatic heterocycles. The fourth-order valence-corrected chi connectivity index (χ4v) is 2.93. The second kappa shape index (κ2) is 7.10. The summed E-state index contributed by atoms with van der Waals surface area (Å²) in [6.45, 7) is 1.86. The van der Waals surface area contributed by atoms with E-state index in [-0.39, 0.29) is 28.9 Å². The summed E-state index contributed by atoms with van der Waals surface area (Å²) in [4.78, 5) is 14.0. The Hall–Kier alpha value is -2.61. The molecule has 0 unspecified atom stereocenters. The Bertz CT molecular complexity index is 769. The van der Waals surface area contributed by atoms with E-state index in [1.165, 1.54) is 25.3 Å². The highest BCUT2D eigenvalue weighted by molar-refractivity contribution is 5.99. The topological polar surface area (TPSA) is 87.8 Å². The maximum atomic E-state index is 13.6. The molecule has 1 aliphatic rings. The van der Waals surface area contributed by atoms with Gasteiger partial charge in [-0.15, -0.1) is 0 Å². The quantitative estimate of drug-likeness (QED) is 0.858. The zero-order valence-electron chi connectivity index (χ0n) is 14.1. The standard InChI is InChI=1S/C17H20FN3O4/c1-21-7-5-11(6-8-21)19-16-14(17(22)23)15(25-20-16)10-3-4-12(18)13(9-10)24-2/h3-4,9,11H,5-8H2,1-2H3,(H,19,20)(H,22,23). The van der Waals surface area contributed by atoms with Crippen molar-refractivity contribution in [2.75, 3.05) is 32.6 Å². The van der Waals surface area contributed by atoms with Gasteiger partial charge in [-0.1, -0.05) is 5.16 Å². The number of carboxylic acids is 1. The van der Waals surface area contributed by atoms with Crippen LogP contribution in [0.1, 0.15) is 23.2 Å². The van der Waals surface area contributed by atoms with Gasteiger partial charge in [0.05, 0.1) is 7.11 Å². The van der Waals surface area contributed by atoms with E-state index in [0.29, 0.717) is 5.56 Å². The van der Waals surface area contributed by atoms with Crippen LogP contribution in [0.15, 0.2) is 22.7 Å². The number of anilines is 1. The molecule has 0 bridgehead atoms. The van der Waals surface area contributed by atoms with Crippen molar-refractivity contribution < 1.29 is 23.6 Å². The molecule has 8 heteroatoms. The number of hydrogen-bond acceptors (Lipinski definition) is 6. The third kappa shape index (κ3) is 3.58. The second-order valence-corrected chi connectivity index (χ2v) is 6.11. The molecule has 1 saturated heterocycles. The van der Waals surface area contributed by atoms with Gasteiger partial charge in [-0.05, 0) is 51.2 Å². The van der Waals surface area contributed by atoms with Gasteiger partial charge in [0.2, 0.25) is 0 Å². The normalized spacial score (nSPS) is 16.0. The highest BCUT2D eigenvalue weighted by Crippen LogP contribution is 2.33. The van der Waals surface area contributed by atoms with Crippen LogP contribution < -0.4 is 10.1 Å². The number of piperidine rings is 1. The first kappa shape index (κ1) is 17.2. The minimum Gasteiger partial charge on any atom is -0.494 e. The molecule has 0 spiro atoms. The Labute approximate surface area is 144 Å². The predicted molar refractivity (Wildman–Crippen MR) is 89.6 cm³/mol. The number of carbonyl (C=O) groups is 1. The minimum absolute atomic E-state index is 0.00932. The van der Waals surface area contributed by atoms with Gasteiger partial charge in [0.1, 0.15) is 0 Å². The van der Waals surface area contributed by atoms with E-state index >= 15 is 0 Å². The minimum atomic E-state index is -1.16. The average molecular weight is 349 g/mol. The van der Waals surface area contributed by atoms with Crippen LogP contribution in [0.25, 0.3) is 11.3 Å². The van der Waals surface area contributed by atoms with E-state index in [4.69, 9.17) is 9.26 Å². The number of methoxy groups -OCH3 is 1. The lowest BCUT2D eigenvalue weighted by Crippen LogP contribution is -2.37. The monoisotopic (exact) mass is 349 g/mol. The number of carboxylic acid groups (broad SMARTS) is 1. The molecule has 0 saturated carbocycles. The molecule has 7 nitrogen and oxygen atoms in total. The van der Waals surface area contributed by atoms with Crippen LogP contribution in [-0.4, -0.2) is 54.4 Å². The van der Waals surface area contributed by atoms with Crippen molar-refractivity contribution in [3.63, 3.8) is 0 Å². The lowest BCUT2D eigenvalue weighted by atomic mass is 10.0. The smallest absolute Gasteiger partial charge is 0.343 e. The summed E-state index contributed by atoms with van der Waals surface area (Å²) in [5, 5.41) is 16.6. The molecule has 1 aromatic carbocycles. The van der Waals surface area contributed by atoms with Gasteiger partial charge < -0.3 is 24.6 Å². The Balaban J connectivity index is 1.91. The van der Waals surface area contributed by atoms with Crippen molar-refractivity contribution in [1.29, 1.82) is 0 Å². The molecule has 2 heterocycles. The second-order valence-electron chi connectivity index (χ2n) is 6.11. The van der Waals surface area contributed by atoms with Crippen molar-refractivity contribution >= 4 is 11.8 Å². The first-order chi connectivity index (χ1) is 12.0. The maximum absolute atomic E-state index is 13.6. The van der Waals surface area contributed by atoms with Gasteiger partial charge in [-0.2, -0.15) is 0 Å². The zero-order chi connectivity index (χ0) is 18.0. The van der Waals surface area contributed by atoms with Crippen molar-refractivity contribution in [2.45, 2.75) is 18.9 Å². The van der Waals surface area contributed by atoms with E-state index in [1.807, 2.05) is 0 Å². The summed E-state index contributed by atoms with van der Waals surface area (Å²) < 4.78 is 23.8. The lowest BCUT2D eigenvalue weighted by Gasteiger charge is -2.29. The highest BCUT2D eigenvalue weighted by Gasteiger charge is 2.27. The Morgan fingerprint density at radius 3 is 2.80 bits per heavy atom. The zero-order valence-corrected chi connectivity index (χ0v) is 14.1. The number of aromatic carboxylic acids is 1. The summed E-state index contributed by atoms with van der Waals surface area (Å²) in [7, 11) is 3.39. The highest BCUT2D eigenvalue weighted by atomic mass is 19.1. The third-order valence-corrected chi connectivity index (χ3v) is 4.38. The van der Waals surface area contributed by atoms with Gasteiger partial charge in [0, 0.05) is 11.6 Å². The lowest BCUT2D eigenvalue weighted by molar-refractivity contribution is 0.0698. The summed E-state index contributed by atoms with van der Waals surface area (Å²) in [5.74, 6) is -1.42. The van der Waals surface area contributed by atoms with Crippen LogP contribution >= 0.6 is 0 Å². The number of aromatic nitrogens is 1. The summed E-state index contributed by atoms with van der Waals surface area (Å²) in [5.41, 5.74) is 0.326. The number of halogens is 1. The fraction of sp³-hybridized carbons (Fsp3) is 0.412. The van der Waals surface area contributed by atoms with Crippen molar-refractivity contribution in [3.05, 3.63) is 29.6 Å². The van der Waals surface area contributed by atoms with Crippen molar-refractivity contribution in [1.82, 2.24) is 10.1 Å². The number of rotatable bonds is 5. The number of nitrogens with zero attached hydrogens (tertiary/aromatic N) is 2. The van der Waals surface area contributed by atoms with Crippen molar-refractivity contribution in [3.8, 4) is 17.1 Å². The maximum Gasteiger partial charge on any atom is 0.343 e. The van der Waals surface area contributed by atoms with Crippen LogP contribution in [-0.2, 0) is 0 Å². The first-order valence-corrected chi connectivity index (χ1v) is 8.01. The van der Waals surface area contributed by atoms with Crippen molar-refractivity contribution in [2.24, 2.45) is 0 Å². The summed E-state index contributed by atoms with van der Waals surface area (Å²) in [6, 6.07) is 4.16. The Morgan fingerprint density at radius 1 is 1.44 bits per heavy atom. The van der Waals surface area contributed by atoms with Gasteiger partial charge in [0.25, 0.3) is 0 Å². The van der Waals surface area contributed by atoms with Crippen LogP contribution in [0.2, 0.25) is 0 Å². The number of nitrogens with one attached hydrogen (secondary N) is 1. The molecule has 0 atom stereocenters. The molecule has 1 aliphatic heterocycles. The van der Waals surface area contributed by atoms with Crippen LogP contribution in [0.5, 0.6) is 5.75 Å². The third-order valence-electron chi connectivity index (χ3n) is 4.38. The number of benzene rings is 1. The molecular weight excluding hydrogens is 329 g/mol. The summed E-state index contributed by atoms with van der Waals surface area (Å²) >= 11 is 0. The number of likely N-dealkylation sites (tertiary alicyclic amines) is 1. The number of hydrogen-bond donors (Lipinski definition) is 2. The fourth-order valence-electron chi connectivity index (χ4n) is 2.93. The average Bonchev–Trinajstić information content (AvgIpc) is 3.01. The van der Waals surface area contributed by atoms with Crippen LogP contribution in [0, 0.1) is 5.82 Å². The molecule has 0 aliphatic carbocycles. The van der Waals surface area contributed by atoms with Gasteiger partial charge in [-0.3, -0.25) is 0 Å². The van der Waals surface area contributed by atoms with E-state index < -0.39 is 11.8 Å². The van der Waals surface area contributed by atoms with E-state index in [1.54, 1.807) is 0 Å². The summed E-state index contributed by atoms with van der Waals surface area (Å²) in [6.07, 6.45) is 1.78. The molecule has 0 amide bonds. The first-order valence-electron chi connectivity index (χ1n) is 8.01. The van der Waals surface area contributed by atoms with Crippen LogP contribution in [0.4, 0.5) is 10.2 Å². The molecule has 25 heavy (non-hydrogen) atoms. The molecule has 134 valence electrons. The largest absolute Gasteiger partial charge is 0.494 e. The molecule has 2 aromatic rings. The SMILES string of the molecule is COc1cc(-c2onc(NC3CCN(C)CC3)c2C(=O)O)ccc1F. The Kier molecular flexibility index (Phi) is 4.89. The van der Waals surface area contributed by atoms with Gasteiger partial charge in [0.15, 0.2) is 28.7 Å². The van der Waals surface area contributed by atoms with Crippen LogP contribution in [0.3, 0.4) is 0 Å². The molecule has 0 radical (unpaired) electrons. The molecule has 2 N–H and O–H groups in total. The van der Waals surface area contributed by atoms with E-state index in [2.05, 4.69) is 22.4 Å².